The number of non-ortho nitro benzene ring substituents is 1. The smallest absolute Gasteiger partial charge is 0.368 e. The second-order valence-electron chi connectivity index (χ2n) is 6.87. The second-order valence-corrected chi connectivity index (χ2v) is 6.87. The standard InChI is InChI=1S/C20H19N5O5/c26-18(14-24-19(21-30-20(24)27)15-4-2-1-3-5-15)23-12-10-22(11-13-23)16-6-8-17(9-7-16)25(28)29/h1-9H,10-14H2. The molecule has 10 nitrogen and oxygen atoms in total. The molecule has 1 aliphatic heterocycles. The zero-order chi connectivity index (χ0) is 21.1. The monoisotopic (exact) mass is 409 g/mol. The van der Waals surface area contributed by atoms with Gasteiger partial charge in [0.15, 0.2) is 5.82 Å². The number of nitro groups is 1. The van der Waals surface area contributed by atoms with Crippen molar-refractivity contribution in [3.63, 3.8) is 0 Å². The number of benzene rings is 2. The number of nitrogens with zero attached hydrogens (tertiary/aromatic N) is 5. The summed E-state index contributed by atoms with van der Waals surface area (Å²) in [7, 11) is 0. The van der Waals surface area contributed by atoms with Crippen LogP contribution in [0.2, 0.25) is 0 Å². The van der Waals surface area contributed by atoms with E-state index in [1.165, 1.54) is 16.7 Å². The quantitative estimate of drug-likeness (QED) is 0.466. The van der Waals surface area contributed by atoms with Gasteiger partial charge in [-0.05, 0) is 12.1 Å². The van der Waals surface area contributed by atoms with Gasteiger partial charge < -0.3 is 9.80 Å². The molecule has 2 aromatic carbocycles. The number of anilines is 1. The minimum Gasteiger partial charge on any atom is -0.368 e. The maximum absolute atomic E-state index is 12.8. The average molecular weight is 409 g/mol. The molecule has 0 atom stereocenters. The minimum absolute atomic E-state index is 0.0425. The minimum atomic E-state index is -0.674. The van der Waals surface area contributed by atoms with Crippen LogP contribution in [0.3, 0.4) is 0 Å². The fourth-order valence-electron chi connectivity index (χ4n) is 3.44. The zero-order valence-electron chi connectivity index (χ0n) is 16.0. The van der Waals surface area contributed by atoms with Crippen LogP contribution in [0.5, 0.6) is 0 Å². The summed E-state index contributed by atoms with van der Waals surface area (Å²) >= 11 is 0. The molecular weight excluding hydrogens is 390 g/mol. The maximum Gasteiger partial charge on any atom is 0.442 e. The van der Waals surface area contributed by atoms with Crippen molar-refractivity contribution in [3.8, 4) is 11.4 Å². The molecule has 1 aliphatic rings. The first kappa shape index (κ1) is 19.4. The van der Waals surface area contributed by atoms with Crippen molar-refractivity contribution in [2.24, 2.45) is 0 Å². The number of hydrogen-bond donors (Lipinski definition) is 0. The van der Waals surface area contributed by atoms with Gasteiger partial charge in [-0.3, -0.25) is 19.4 Å². The highest BCUT2D eigenvalue weighted by atomic mass is 16.6. The number of rotatable bonds is 5. The highest BCUT2D eigenvalue weighted by Crippen LogP contribution is 2.21. The zero-order valence-corrected chi connectivity index (χ0v) is 16.0. The number of carbonyl (C=O) groups excluding carboxylic acids is 1. The number of amides is 1. The summed E-state index contributed by atoms with van der Waals surface area (Å²) in [6, 6.07) is 15.4. The summed E-state index contributed by atoms with van der Waals surface area (Å²) in [5.74, 6) is -0.550. The van der Waals surface area contributed by atoms with Gasteiger partial charge in [-0.2, -0.15) is 0 Å². The molecule has 4 rings (SSSR count). The van der Waals surface area contributed by atoms with Crippen molar-refractivity contribution in [2.75, 3.05) is 31.1 Å². The summed E-state index contributed by atoms with van der Waals surface area (Å²) in [4.78, 5) is 38.9. The molecule has 1 amide bonds. The molecule has 0 aliphatic carbocycles. The second kappa shape index (κ2) is 8.19. The Labute approximate surface area is 171 Å². The highest BCUT2D eigenvalue weighted by Gasteiger charge is 2.24. The molecule has 0 spiro atoms. The van der Waals surface area contributed by atoms with E-state index >= 15 is 0 Å². The van der Waals surface area contributed by atoms with E-state index in [0.717, 1.165) is 5.69 Å². The van der Waals surface area contributed by atoms with Crippen LogP contribution in [0, 0.1) is 10.1 Å². The van der Waals surface area contributed by atoms with Gasteiger partial charge in [-0.25, -0.2) is 9.36 Å². The Morgan fingerprint density at radius 1 is 1.03 bits per heavy atom. The van der Waals surface area contributed by atoms with Crippen LogP contribution in [0.4, 0.5) is 11.4 Å². The Morgan fingerprint density at radius 3 is 2.33 bits per heavy atom. The van der Waals surface area contributed by atoms with E-state index in [9.17, 15) is 19.7 Å². The van der Waals surface area contributed by atoms with Crippen LogP contribution in [0.15, 0.2) is 63.9 Å². The van der Waals surface area contributed by atoms with Crippen molar-refractivity contribution in [3.05, 3.63) is 75.3 Å². The Balaban J connectivity index is 1.40. The molecule has 1 saturated heterocycles. The Bertz CT molecular complexity index is 1100. The van der Waals surface area contributed by atoms with Crippen molar-refractivity contribution < 1.29 is 14.2 Å². The molecule has 2 heterocycles. The first-order valence-corrected chi connectivity index (χ1v) is 9.42. The van der Waals surface area contributed by atoms with Gasteiger partial charge in [0.05, 0.1) is 4.92 Å². The summed E-state index contributed by atoms with van der Waals surface area (Å²) in [5.41, 5.74) is 1.61. The third-order valence-corrected chi connectivity index (χ3v) is 5.07. The van der Waals surface area contributed by atoms with E-state index in [0.29, 0.717) is 37.6 Å². The lowest BCUT2D eigenvalue weighted by molar-refractivity contribution is -0.384. The van der Waals surface area contributed by atoms with Gasteiger partial charge in [0, 0.05) is 49.6 Å². The van der Waals surface area contributed by atoms with Gasteiger partial charge >= 0.3 is 5.76 Å². The van der Waals surface area contributed by atoms with E-state index < -0.39 is 10.7 Å². The van der Waals surface area contributed by atoms with Crippen LogP contribution in [0.25, 0.3) is 11.4 Å². The van der Waals surface area contributed by atoms with Crippen molar-refractivity contribution in [1.29, 1.82) is 0 Å². The normalized spacial score (nSPS) is 14.0. The topological polar surface area (TPSA) is 115 Å². The van der Waals surface area contributed by atoms with E-state index in [1.54, 1.807) is 29.2 Å². The van der Waals surface area contributed by atoms with Gasteiger partial charge in [-0.1, -0.05) is 35.5 Å². The molecule has 0 unspecified atom stereocenters. The van der Waals surface area contributed by atoms with Gasteiger partial charge in [0.2, 0.25) is 5.91 Å². The lowest BCUT2D eigenvalue weighted by atomic mass is 10.2. The molecule has 1 aromatic heterocycles. The molecule has 154 valence electrons. The molecule has 30 heavy (non-hydrogen) atoms. The summed E-state index contributed by atoms with van der Waals surface area (Å²) in [6.07, 6.45) is 0. The number of carbonyl (C=O) groups is 1. The molecule has 10 heteroatoms. The fourth-order valence-corrected chi connectivity index (χ4v) is 3.44. The van der Waals surface area contributed by atoms with E-state index in [4.69, 9.17) is 4.52 Å². The van der Waals surface area contributed by atoms with Crippen LogP contribution in [-0.4, -0.2) is 51.6 Å². The molecule has 0 saturated carbocycles. The lowest BCUT2D eigenvalue weighted by Crippen LogP contribution is -2.50. The maximum atomic E-state index is 12.8. The van der Waals surface area contributed by atoms with Crippen molar-refractivity contribution in [1.82, 2.24) is 14.6 Å². The SMILES string of the molecule is O=C(Cn1c(-c2ccccc2)noc1=O)N1CCN(c2ccc([N+](=O)[O-])cc2)CC1. The van der Waals surface area contributed by atoms with E-state index in [1.807, 2.05) is 18.2 Å². The average Bonchev–Trinajstić information content (AvgIpc) is 3.14. The largest absolute Gasteiger partial charge is 0.442 e. The predicted molar refractivity (Wildman–Crippen MR) is 108 cm³/mol. The molecular formula is C20H19N5O5. The predicted octanol–water partition coefficient (Wildman–Crippen LogP) is 1.76. The molecule has 0 N–H and O–H groups in total. The first-order valence-electron chi connectivity index (χ1n) is 9.42. The van der Waals surface area contributed by atoms with Gasteiger partial charge in [0.1, 0.15) is 6.54 Å². The molecule has 0 bridgehead atoms. The summed E-state index contributed by atoms with van der Waals surface area (Å²) in [5, 5.41) is 14.6. The number of piperazine rings is 1. The van der Waals surface area contributed by atoms with Gasteiger partial charge in [-0.15, -0.1) is 0 Å². The van der Waals surface area contributed by atoms with Crippen LogP contribution >= 0.6 is 0 Å². The van der Waals surface area contributed by atoms with Crippen LogP contribution in [-0.2, 0) is 11.3 Å². The highest BCUT2D eigenvalue weighted by molar-refractivity contribution is 5.77. The van der Waals surface area contributed by atoms with Crippen LogP contribution in [0.1, 0.15) is 0 Å². The Hall–Kier alpha value is -3.95. The molecule has 0 radical (unpaired) electrons. The fraction of sp³-hybridized carbons (Fsp3) is 0.250. The Morgan fingerprint density at radius 2 is 1.70 bits per heavy atom. The molecule has 3 aromatic rings. The number of aromatic nitrogens is 2. The van der Waals surface area contributed by atoms with Crippen LogP contribution < -0.4 is 10.7 Å². The summed E-state index contributed by atoms with van der Waals surface area (Å²) in [6.45, 7) is 2.00. The van der Waals surface area contributed by atoms with E-state index in [2.05, 4.69) is 10.1 Å². The number of hydrogen-bond acceptors (Lipinski definition) is 7. The van der Waals surface area contributed by atoms with Crippen molar-refractivity contribution in [2.45, 2.75) is 6.54 Å². The van der Waals surface area contributed by atoms with Crippen molar-refractivity contribution >= 4 is 17.3 Å². The lowest BCUT2D eigenvalue weighted by Gasteiger charge is -2.36. The molecule has 1 fully saturated rings. The van der Waals surface area contributed by atoms with Gasteiger partial charge in [0.25, 0.3) is 5.69 Å². The Kier molecular flexibility index (Phi) is 5.29. The third-order valence-electron chi connectivity index (χ3n) is 5.07. The third kappa shape index (κ3) is 3.93. The number of nitro benzene ring substituents is 1. The summed E-state index contributed by atoms with van der Waals surface area (Å²) < 4.78 is 6.01. The van der Waals surface area contributed by atoms with E-state index in [-0.39, 0.29) is 18.1 Å². The first-order chi connectivity index (χ1) is 14.5.